The molecular formula is C16H21NO4. The molecule has 0 bridgehead atoms. The zero-order valence-corrected chi connectivity index (χ0v) is 12.2. The summed E-state index contributed by atoms with van der Waals surface area (Å²) in [5.74, 6) is -0.427. The van der Waals surface area contributed by atoms with Crippen molar-refractivity contribution in [1.29, 1.82) is 0 Å². The molecule has 0 unspecified atom stereocenters. The summed E-state index contributed by atoms with van der Waals surface area (Å²) in [6.45, 7) is 2.94. The van der Waals surface area contributed by atoms with E-state index < -0.39 is 5.97 Å². The Morgan fingerprint density at radius 1 is 1.29 bits per heavy atom. The van der Waals surface area contributed by atoms with E-state index in [-0.39, 0.29) is 18.9 Å². The standard InChI is InChI=1S/C16H21NO4/c1-2-3-12-21-14-7-4-13(5-8-14)6-9-15(18)17-11-10-16(19)20/h4-9H,2-3,10-12H2,1H3,(H,17,18)(H,19,20)/b9-6+. The average molecular weight is 291 g/mol. The second kappa shape index (κ2) is 9.58. The van der Waals surface area contributed by atoms with E-state index in [4.69, 9.17) is 9.84 Å². The van der Waals surface area contributed by atoms with Gasteiger partial charge in [-0.15, -0.1) is 0 Å². The maximum atomic E-state index is 11.4. The predicted octanol–water partition coefficient (Wildman–Crippen LogP) is 2.47. The number of ether oxygens (including phenoxy) is 1. The molecule has 1 amide bonds. The van der Waals surface area contributed by atoms with Crippen LogP contribution >= 0.6 is 0 Å². The van der Waals surface area contributed by atoms with Crippen LogP contribution in [0.2, 0.25) is 0 Å². The van der Waals surface area contributed by atoms with Gasteiger partial charge in [0.15, 0.2) is 0 Å². The van der Waals surface area contributed by atoms with Gasteiger partial charge in [0, 0.05) is 12.6 Å². The maximum absolute atomic E-state index is 11.4. The Morgan fingerprint density at radius 2 is 2.00 bits per heavy atom. The molecule has 2 N–H and O–H groups in total. The number of carbonyl (C=O) groups is 2. The molecule has 0 saturated carbocycles. The fraction of sp³-hybridized carbons (Fsp3) is 0.375. The molecule has 0 aliphatic heterocycles. The third kappa shape index (κ3) is 7.77. The average Bonchev–Trinajstić information content (AvgIpc) is 2.46. The van der Waals surface area contributed by atoms with E-state index in [1.54, 1.807) is 6.08 Å². The van der Waals surface area contributed by atoms with E-state index >= 15 is 0 Å². The number of carboxylic acids is 1. The molecule has 0 aliphatic carbocycles. The van der Waals surface area contributed by atoms with Crippen molar-refractivity contribution in [2.24, 2.45) is 0 Å². The zero-order valence-electron chi connectivity index (χ0n) is 12.2. The molecule has 0 aliphatic rings. The number of unbranched alkanes of at least 4 members (excludes halogenated alkanes) is 1. The molecule has 5 nitrogen and oxygen atoms in total. The molecular weight excluding hydrogens is 270 g/mol. The molecule has 1 aromatic carbocycles. The normalized spacial score (nSPS) is 10.5. The van der Waals surface area contributed by atoms with Crippen LogP contribution in [0.3, 0.4) is 0 Å². The van der Waals surface area contributed by atoms with Gasteiger partial charge in [-0.05, 0) is 30.2 Å². The van der Waals surface area contributed by atoms with Crippen LogP contribution < -0.4 is 10.1 Å². The molecule has 0 aromatic heterocycles. The summed E-state index contributed by atoms with van der Waals surface area (Å²) in [6.07, 6.45) is 5.10. The summed E-state index contributed by atoms with van der Waals surface area (Å²) >= 11 is 0. The molecule has 0 spiro atoms. The van der Waals surface area contributed by atoms with E-state index in [2.05, 4.69) is 12.2 Å². The first-order valence-corrected chi connectivity index (χ1v) is 7.02. The minimum atomic E-state index is -0.932. The highest BCUT2D eigenvalue weighted by Crippen LogP contribution is 2.13. The number of benzene rings is 1. The first-order chi connectivity index (χ1) is 10.1. The van der Waals surface area contributed by atoms with E-state index in [0.29, 0.717) is 6.61 Å². The monoisotopic (exact) mass is 291 g/mol. The largest absolute Gasteiger partial charge is 0.494 e. The van der Waals surface area contributed by atoms with E-state index in [1.807, 2.05) is 24.3 Å². The number of aliphatic carboxylic acids is 1. The fourth-order valence-corrected chi connectivity index (χ4v) is 1.53. The quantitative estimate of drug-likeness (QED) is 0.541. The number of amides is 1. The van der Waals surface area contributed by atoms with Crippen LogP contribution in [0.1, 0.15) is 31.7 Å². The van der Waals surface area contributed by atoms with Crippen molar-refractivity contribution >= 4 is 18.0 Å². The Balaban J connectivity index is 2.38. The second-order valence-electron chi connectivity index (χ2n) is 4.54. The molecule has 0 saturated heterocycles. The second-order valence-corrected chi connectivity index (χ2v) is 4.54. The summed E-state index contributed by atoms with van der Waals surface area (Å²) < 4.78 is 5.54. The van der Waals surface area contributed by atoms with Gasteiger partial charge in [-0.25, -0.2) is 0 Å². The van der Waals surface area contributed by atoms with Crippen LogP contribution in [0.15, 0.2) is 30.3 Å². The highest BCUT2D eigenvalue weighted by Gasteiger charge is 1.99. The third-order valence-corrected chi connectivity index (χ3v) is 2.71. The SMILES string of the molecule is CCCCOc1ccc(/C=C/C(=O)NCCC(=O)O)cc1. The Morgan fingerprint density at radius 3 is 2.62 bits per heavy atom. The van der Waals surface area contributed by atoms with E-state index in [1.165, 1.54) is 6.08 Å². The lowest BCUT2D eigenvalue weighted by Gasteiger charge is -2.05. The third-order valence-electron chi connectivity index (χ3n) is 2.71. The number of carboxylic acid groups (broad SMARTS) is 1. The number of rotatable bonds is 9. The van der Waals surface area contributed by atoms with Crippen molar-refractivity contribution in [1.82, 2.24) is 5.32 Å². The number of hydrogen-bond donors (Lipinski definition) is 2. The molecule has 1 aromatic rings. The van der Waals surface area contributed by atoms with Crippen molar-refractivity contribution < 1.29 is 19.4 Å². The summed E-state index contributed by atoms with van der Waals surface area (Å²) in [4.78, 5) is 21.7. The number of carbonyl (C=O) groups excluding carboxylic acids is 1. The topological polar surface area (TPSA) is 75.6 Å². The van der Waals surface area contributed by atoms with Gasteiger partial charge in [0.05, 0.1) is 13.0 Å². The van der Waals surface area contributed by atoms with Gasteiger partial charge in [-0.2, -0.15) is 0 Å². The first-order valence-electron chi connectivity index (χ1n) is 7.02. The van der Waals surface area contributed by atoms with Crippen molar-refractivity contribution in [2.75, 3.05) is 13.2 Å². The highest BCUT2D eigenvalue weighted by atomic mass is 16.5. The van der Waals surface area contributed by atoms with Gasteiger partial charge in [0.2, 0.25) is 5.91 Å². The highest BCUT2D eigenvalue weighted by molar-refractivity contribution is 5.91. The summed E-state index contributed by atoms with van der Waals surface area (Å²) in [5.41, 5.74) is 0.881. The molecule has 0 heterocycles. The first kappa shape index (κ1) is 16.8. The predicted molar refractivity (Wildman–Crippen MR) is 81.1 cm³/mol. The van der Waals surface area contributed by atoms with Crippen LogP contribution in [0.5, 0.6) is 5.75 Å². The van der Waals surface area contributed by atoms with Crippen LogP contribution in [0, 0.1) is 0 Å². The summed E-state index contributed by atoms with van der Waals surface area (Å²) in [7, 11) is 0. The Bertz CT molecular complexity index is 480. The van der Waals surface area contributed by atoms with Gasteiger partial charge in [0.25, 0.3) is 0 Å². The van der Waals surface area contributed by atoms with E-state index in [9.17, 15) is 9.59 Å². The number of hydrogen-bond acceptors (Lipinski definition) is 3. The van der Waals surface area contributed by atoms with Crippen LogP contribution in [0.25, 0.3) is 6.08 Å². The van der Waals surface area contributed by atoms with Gasteiger partial charge >= 0.3 is 5.97 Å². The maximum Gasteiger partial charge on any atom is 0.305 e. The molecule has 0 radical (unpaired) electrons. The van der Waals surface area contributed by atoms with Crippen molar-refractivity contribution in [3.63, 3.8) is 0 Å². The van der Waals surface area contributed by atoms with Crippen molar-refractivity contribution in [2.45, 2.75) is 26.2 Å². The number of nitrogens with one attached hydrogen (secondary N) is 1. The fourth-order valence-electron chi connectivity index (χ4n) is 1.53. The molecule has 5 heteroatoms. The molecule has 0 fully saturated rings. The zero-order chi connectivity index (χ0) is 15.5. The van der Waals surface area contributed by atoms with Crippen molar-refractivity contribution in [3.05, 3.63) is 35.9 Å². The van der Waals surface area contributed by atoms with Gasteiger partial charge < -0.3 is 15.2 Å². The van der Waals surface area contributed by atoms with Crippen LogP contribution in [-0.2, 0) is 9.59 Å². The van der Waals surface area contributed by atoms with Crippen molar-refractivity contribution in [3.8, 4) is 5.75 Å². The van der Waals surface area contributed by atoms with Gasteiger partial charge in [-0.3, -0.25) is 9.59 Å². The molecule has 21 heavy (non-hydrogen) atoms. The molecule has 0 atom stereocenters. The minimum Gasteiger partial charge on any atom is -0.494 e. The van der Waals surface area contributed by atoms with Crippen LogP contribution in [-0.4, -0.2) is 30.1 Å². The molecule has 114 valence electrons. The minimum absolute atomic E-state index is 0.0800. The molecule has 1 rings (SSSR count). The Hall–Kier alpha value is -2.30. The smallest absolute Gasteiger partial charge is 0.305 e. The van der Waals surface area contributed by atoms with Gasteiger partial charge in [0.1, 0.15) is 5.75 Å². The summed E-state index contributed by atoms with van der Waals surface area (Å²) in [6, 6.07) is 7.44. The van der Waals surface area contributed by atoms with E-state index in [0.717, 1.165) is 24.2 Å². The van der Waals surface area contributed by atoms with Gasteiger partial charge in [-0.1, -0.05) is 25.5 Å². The Kier molecular flexibility index (Phi) is 7.64. The van der Waals surface area contributed by atoms with Crippen LogP contribution in [0.4, 0.5) is 0 Å². The summed E-state index contributed by atoms with van der Waals surface area (Å²) in [5, 5.41) is 11.0. The lowest BCUT2D eigenvalue weighted by atomic mass is 10.2. The lowest BCUT2D eigenvalue weighted by Crippen LogP contribution is -2.23. The lowest BCUT2D eigenvalue weighted by molar-refractivity contribution is -0.136. The Labute approximate surface area is 124 Å².